The number of hydrogen-bond acceptors (Lipinski definition) is 6. The molecule has 0 bridgehead atoms. The van der Waals surface area contributed by atoms with Gasteiger partial charge in [-0.2, -0.15) is 4.68 Å². The fourth-order valence-corrected chi connectivity index (χ4v) is 5.02. The van der Waals surface area contributed by atoms with Gasteiger partial charge in [0.2, 0.25) is 0 Å². The zero-order chi connectivity index (χ0) is 19.8. The molecular weight excluding hydrogens is 398 g/mol. The molecule has 1 aliphatic carbocycles. The second-order valence-corrected chi connectivity index (χ2v) is 8.74. The Kier molecular flexibility index (Phi) is 5.21. The Labute approximate surface area is 171 Å². The van der Waals surface area contributed by atoms with Gasteiger partial charge in [-0.15, -0.1) is 16.4 Å². The molecule has 0 aliphatic heterocycles. The summed E-state index contributed by atoms with van der Waals surface area (Å²) in [5.74, 6) is 0.0582. The number of aromatic nitrogens is 3. The number of rotatable bonds is 4. The molecule has 0 fully saturated rings. The van der Waals surface area contributed by atoms with Crippen molar-refractivity contribution in [1.29, 1.82) is 0 Å². The molecule has 2 heterocycles. The molecule has 0 unspecified atom stereocenters. The molecule has 0 spiro atoms. The smallest absolute Gasteiger partial charge is 0.331 e. The second kappa shape index (κ2) is 7.64. The number of carbonyl (C=O) groups excluding carboxylic acids is 1. The van der Waals surface area contributed by atoms with Gasteiger partial charge in [-0.1, -0.05) is 41.9 Å². The predicted molar refractivity (Wildman–Crippen MR) is 109 cm³/mol. The first-order chi connectivity index (χ1) is 13.5. The van der Waals surface area contributed by atoms with Crippen LogP contribution in [-0.2, 0) is 29.0 Å². The number of carbonyl (C=O) groups is 1. The lowest BCUT2D eigenvalue weighted by atomic mass is 9.89. The van der Waals surface area contributed by atoms with Crippen LogP contribution in [0.1, 0.15) is 42.3 Å². The van der Waals surface area contributed by atoms with Crippen molar-refractivity contribution in [3.63, 3.8) is 0 Å². The lowest BCUT2D eigenvalue weighted by molar-refractivity contribution is -0.148. The van der Waals surface area contributed by atoms with Crippen LogP contribution in [0.5, 0.6) is 0 Å². The highest BCUT2D eigenvalue weighted by Gasteiger charge is 2.26. The molecule has 0 N–H and O–H groups in total. The Morgan fingerprint density at radius 1 is 1.43 bits per heavy atom. The molecule has 3 aromatic rings. The first-order valence-corrected chi connectivity index (χ1v) is 10.4. The van der Waals surface area contributed by atoms with Crippen molar-refractivity contribution in [1.82, 2.24) is 15.0 Å². The molecule has 2 aromatic heterocycles. The maximum absolute atomic E-state index is 13.1. The molecule has 146 valence electrons. The van der Waals surface area contributed by atoms with Crippen LogP contribution in [-0.4, -0.2) is 21.0 Å². The number of esters is 1. The summed E-state index contributed by atoms with van der Waals surface area (Å²) in [5.41, 5.74) is 1.50. The SMILES string of the molecule is C[C@H]1CCc2c(sc3nnn([C@@H](C)C(=O)OCc4ccccc4Cl)c(=O)c23)C1. The van der Waals surface area contributed by atoms with Crippen molar-refractivity contribution in [2.75, 3.05) is 0 Å². The molecule has 4 rings (SSSR count). The van der Waals surface area contributed by atoms with Crippen molar-refractivity contribution in [2.45, 2.75) is 45.8 Å². The minimum Gasteiger partial charge on any atom is -0.459 e. The third-order valence-electron chi connectivity index (χ3n) is 5.18. The highest BCUT2D eigenvalue weighted by molar-refractivity contribution is 7.18. The molecule has 0 amide bonds. The van der Waals surface area contributed by atoms with Gasteiger partial charge < -0.3 is 4.74 Å². The molecule has 0 saturated heterocycles. The molecule has 0 radical (unpaired) electrons. The molecule has 1 aromatic carbocycles. The third-order valence-corrected chi connectivity index (χ3v) is 6.69. The van der Waals surface area contributed by atoms with Gasteiger partial charge in [0.25, 0.3) is 5.56 Å². The third kappa shape index (κ3) is 3.44. The minimum atomic E-state index is -0.870. The topological polar surface area (TPSA) is 74.1 Å². The Balaban J connectivity index is 1.60. The van der Waals surface area contributed by atoms with Crippen molar-refractivity contribution < 1.29 is 9.53 Å². The summed E-state index contributed by atoms with van der Waals surface area (Å²) in [6.45, 7) is 3.85. The summed E-state index contributed by atoms with van der Waals surface area (Å²) in [6, 6.07) is 6.28. The highest BCUT2D eigenvalue weighted by atomic mass is 35.5. The number of thiophene rings is 1. The van der Waals surface area contributed by atoms with E-state index >= 15 is 0 Å². The normalized spacial score (nSPS) is 17.3. The Morgan fingerprint density at radius 3 is 3.00 bits per heavy atom. The summed E-state index contributed by atoms with van der Waals surface area (Å²) < 4.78 is 6.48. The van der Waals surface area contributed by atoms with Crippen LogP contribution >= 0.6 is 22.9 Å². The standard InChI is InChI=1S/C20H20ClN3O3S/c1-11-7-8-14-16(9-11)28-18-17(14)19(25)24(23-22-18)12(2)20(26)27-10-13-5-3-4-6-15(13)21/h3-6,11-12H,7-10H2,1-2H3/t11-,12-/m0/s1. The van der Waals surface area contributed by atoms with Crippen molar-refractivity contribution in [3.8, 4) is 0 Å². The fraction of sp³-hybridized carbons (Fsp3) is 0.400. The Bertz CT molecular complexity index is 1110. The Hall–Kier alpha value is -2.25. The van der Waals surface area contributed by atoms with Gasteiger partial charge >= 0.3 is 5.97 Å². The monoisotopic (exact) mass is 417 g/mol. The molecule has 2 atom stereocenters. The molecule has 6 nitrogen and oxygen atoms in total. The van der Waals surface area contributed by atoms with E-state index in [1.54, 1.807) is 19.1 Å². The number of halogens is 1. The van der Waals surface area contributed by atoms with E-state index < -0.39 is 12.0 Å². The summed E-state index contributed by atoms with van der Waals surface area (Å²) in [5, 5.41) is 9.34. The van der Waals surface area contributed by atoms with E-state index in [4.69, 9.17) is 16.3 Å². The van der Waals surface area contributed by atoms with Crippen LogP contribution in [0.15, 0.2) is 29.1 Å². The molecule has 28 heavy (non-hydrogen) atoms. The van der Waals surface area contributed by atoms with Crippen molar-refractivity contribution >= 4 is 39.1 Å². The highest BCUT2D eigenvalue weighted by Crippen LogP contribution is 2.35. The molecular formula is C20H20ClN3O3S. The van der Waals surface area contributed by atoms with Gasteiger partial charge in [0.1, 0.15) is 6.61 Å². The number of benzene rings is 1. The first-order valence-electron chi connectivity index (χ1n) is 9.25. The summed E-state index contributed by atoms with van der Waals surface area (Å²) in [6.07, 6.45) is 2.88. The van der Waals surface area contributed by atoms with E-state index in [1.807, 2.05) is 12.1 Å². The van der Waals surface area contributed by atoms with E-state index in [0.29, 0.717) is 26.7 Å². The largest absolute Gasteiger partial charge is 0.459 e. The van der Waals surface area contributed by atoms with Crippen LogP contribution in [0, 0.1) is 5.92 Å². The van der Waals surface area contributed by atoms with E-state index in [9.17, 15) is 9.59 Å². The average molecular weight is 418 g/mol. The Morgan fingerprint density at radius 2 is 2.21 bits per heavy atom. The van der Waals surface area contributed by atoms with E-state index in [-0.39, 0.29) is 12.2 Å². The maximum atomic E-state index is 13.1. The van der Waals surface area contributed by atoms with Crippen LogP contribution in [0.3, 0.4) is 0 Å². The average Bonchev–Trinajstić information content (AvgIpc) is 3.05. The number of hydrogen-bond donors (Lipinski definition) is 0. The quantitative estimate of drug-likeness (QED) is 0.601. The van der Waals surface area contributed by atoms with Crippen LogP contribution in [0.4, 0.5) is 0 Å². The fourth-order valence-electron chi connectivity index (χ4n) is 3.51. The van der Waals surface area contributed by atoms with Crippen molar-refractivity contribution in [2.24, 2.45) is 5.92 Å². The zero-order valence-electron chi connectivity index (χ0n) is 15.6. The molecule has 8 heteroatoms. The lowest BCUT2D eigenvalue weighted by Gasteiger charge is -2.17. The van der Waals surface area contributed by atoms with Gasteiger partial charge in [0.15, 0.2) is 10.9 Å². The van der Waals surface area contributed by atoms with Gasteiger partial charge in [0, 0.05) is 15.5 Å². The second-order valence-electron chi connectivity index (χ2n) is 7.25. The zero-order valence-corrected chi connectivity index (χ0v) is 17.2. The van der Waals surface area contributed by atoms with E-state index in [2.05, 4.69) is 17.2 Å². The molecule has 1 aliphatic rings. The number of aryl methyl sites for hydroxylation is 1. The number of nitrogens with zero attached hydrogens (tertiary/aromatic N) is 3. The van der Waals surface area contributed by atoms with Crippen molar-refractivity contribution in [3.05, 3.63) is 55.6 Å². The summed E-state index contributed by atoms with van der Waals surface area (Å²) >= 11 is 7.63. The molecule has 0 saturated carbocycles. The van der Waals surface area contributed by atoms with Crippen LogP contribution in [0.25, 0.3) is 10.2 Å². The van der Waals surface area contributed by atoms with Gasteiger partial charge in [-0.05, 0) is 43.7 Å². The van der Waals surface area contributed by atoms with Gasteiger partial charge in [-0.3, -0.25) is 4.79 Å². The summed E-state index contributed by atoms with van der Waals surface area (Å²) in [4.78, 5) is 27.4. The summed E-state index contributed by atoms with van der Waals surface area (Å²) in [7, 11) is 0. The lowest BCUT2D eigenvalue weighted by Crippen LogP contribution is -2.32. The first kappa shape index (κ1) is 19.1. The van der Waals surface area contributed by atoms with Gasteiger partial charge in [-0.25, -0.2) is 4.79 Å². The number of ether oxygens (including phenoxy) is 1. The minimum absolute atomic E-state index is 0.0407. The van der Waals surface area contributed by atoms with Crippen LogP contribution in [0.2, 0.25) is 5.02 Å². The maximum Gasteiger partial charge on any atom is 0.331 e. The predicted octanol–water partition coefficient (Wildman–Crippen LogP) is 3.94. The van der Waals surface area contributed by atoms with E-state index in [1.165, 1.54) is 16.2 Å². The van der Waals surface area contributed by atoms with Crippen LogP contribution < -0.4 is 5.56 Å². The van der Waals surface area contributed by atoms with E-state index in [0.717, 1.165) is 29.5 Å². The number of fused-ring (bicyclic) bond motifs is 3. The van der Waals surface area contributed by atoms with Gasteiger partial charge in [0.05, 0.1) is 5.39 Å².